The van der Waals surface area contributed by atoms with Crippen LogP contribution < -0.4 is 0 Å². The lowest BCUT2D eigenvalue weighted by Crippen LogP contribution is -2.24. The minimum atomic E-state index is 0.182. The van der Waals surface area contributed by atoms with E-state index < -0.39 is 0 Å². The molecule has 0 spiro atoms. The largest absolute Gasteiger partial charge is 0.358 e. The predicted octanol–water partition coefficient (Wildman–Crippen LogP) is 3.04. The maximum Gasteiger partial charge on any atom is 0.183 e. The van der Waals surface area contributed by atoms with Gasteiger partial charge in [-0.15, -0.1) is 11.3 Å². The minimum absolute atomic E-state index is 0.182. The summed E-state index contributed by atoms with van der Waals surface area (Å²) in [5, 5.41) is 1.93. The van der Waals surface area contributed by atoms with E-state index >= 15 is 0 Å². The van der Waals surface area contributed by atoms with E-state index in [9.17, 15) is 4.79 Å². The van der Waals surface area contributed by atoms with Crippen molar-refractivity contribution in [1.29, 1.82) is 0 Å². The molecule has 1 aliphatic heterocycles. The Morgan fingerprint density at radius 2 is 2.25 bits per heavy atom. The number of thiocarbonyl (C=S) groups is 1. The summed E-state index contributed by atoms with van der Waals surface area (Å²) in [5.41, 5.74) is 0. The molecule has 1 aromatic rings. The van der Waals surface area contributed by atoms with Crippen molar-refractivity contribution in [3.63, 3.8) is 0 Å². The fourth-order valence-corrected chi connectivity index (χ4v) is 3.52. The van der Waals surface area contributed by atoms with Gasteiger partial charge in [0, 0.05) is 13.1 Å². The van der Waals surface area contributed by atoms with Crippen LogP contribution in [-0.2, 0) is 0 Å². The smallest absolute Gasteiger partial charge is 0.183 e. The first-order valence-corrected chi connectivity index (χ1v) is 7.53. The number of hydrogen-bond acceptors (Lipinski definition) is 4. The number of carbonyl (C=O) groups is 1. The zero-order chi connectivity index (χ0) is 11.4. The lowest BCUT2D eigenvalue weighted by atomic mass is 10.4. The SMILES string of the molecule is O=C(CSC(=S)N1CCCC1)c1cccs1. The summed E-state index contributed by atoms with van der Waals surface area (Å²) in [6, 6.07) is 3.77. The molecule has 0 radical (unpaired) electrons. The summed E-state index contributed by atoms with van der Waals surface area (Å²) >= 11 is 8.29. The van der Waals surface area contributed by atoms with E-state index in [1.165, 1.54) is 35.9 Å². The number of carbonyl (C=O) groups excluding carboxylic acids is 1. The zero-order valence-corrected chi connectivity index (χ0v) is 11.3. The van der Waals surface area contributed by atoms with Gasteiger partial charge in [-0.05, 0) is 24.3 Å². The van der Waals surface area contributed by atoms with Gasteiger partial charge < -0.3 is 4.90 Å². The van der Waals surface area contributed by atoms with E-state index in [0.29, 0.717) is 5.75 Å². The normalized spacial score (nSPS) is 15.4. The molecule has 0 aromatic carbocycles. The van der Waals surface area contributed by atoms with E-state index in [0.717, 1.165) is 22.3 Å². The van der Waals surface area contributed by atoms with E-state index in [4.69, 9.17) is 12.2 Å². The zero-order valence-electron chi connectivity index (χ0n) is 8.85. The van der Waals surface area contributed by atoms with Gasteiger partial charge in [-0.2, -0.15) is 0 Å². The number of hydrogen-bond donors (Lipinski definition) is 0. The van der Waals surface area contributed by atoms with Gasteiger partial charge in [-0.1, -0.05) is 30.0 Å². The molecular weight excluding hydrogens is 258 g/mol. The molecule has 0 saturated carbocycles. The highest BCUT2D eigenvalue weighted by molar-refractivity contribution is 8.23. The molecule has 1 aromatic heterocycles. The molecule has 86 valence electrons. The summed E-state index contributed by atoms with van der Waals surface area (Å²) in [5.74, 6) is 0.650. The second-order valence-corrected chi connectivity index (χ2v) is 6.21. The second-order valence-electron chi connectivity index (χ2n) is 3.65. The monoisotopic (exact) mass is 271 g/mol. The van der Waals surface area contributed by atoms with Crippen LogP contribution in [0, 0.1) is 0 Å². The number of thiophene rings is 1. The van der Waals surface area contributed by atoms with E-state index in [1.54, 1.807) is 0 Å². The Hall–Kier alpha value is -0.390. The topological polar surface area (TPSA) is 20.3 Å². The standard InChI is InChI=1S/C11H13NOS3/c13-9(10-4-3-7-15-10)8-16-11(14)12-5-1-2-6-12/h3-4,7H,1-2,5-6,8H2. The van der Waals surface area contributed by atoms with Crippen LogP contribution in [0.3, 0.4) is 0 Å². The quantitative estimate of drug-likeness (QED) is 0.622. The molecule has 2 nitrogen and oxygen atoms in total. The fraction of sp³-hybridized carbons (Fsp3) is 0.455. The van der Waals surface area contributed by atoms with E-state index in [1.807, 2.05) is 17.5 Å². The molecular formula is C11H13NOS3. The molecule has 1 fully saturated rings. The van der Waals surface area contributed by atoms with Crippen molar-refractivity contribution >= 4 is 45.4 Å². The molecule has 16 heavy (non-hydrogen) atoms. The summed E-state index contributed by atoms with van der Waals surface area (Å²) < 4.78 is 0.877. The Morgan fingerprint density at radius 3 is 2.88 bits per heavy atom. The van der Waals surface area contributed by atoms with Crippen molar-refractivity contribution in [1.82, 2.24) is 4.90 Å². The summed E-state index contributed by atoms with van der Waals surface area (Å²) in [6.07, 6.45) is 2.44. The van der Waals surface area contributed by atoms with Crippen molar-refractivity contribution in [2.75, 3.05) is 18.8 Å². The Balaban J connectivity index is 1.79. The lowest BCUT2D eigenvalue weighted by Gasteiger charge is -2.16. The van der Waals surface area contributed by atoms with Gasteiger partial charge in [0.1, 0.15) is 4.32 Å². The van der Waals surface area contributed by atoms with Crippen LogP contribution in [0.1, 0.15) is 22.5 Å². The lowest BCUT2D eigenvalue weighted by molar-refractivity contribution is 0.102. The third-order valence-corrected chi connectivity index (χ3v) is 4.92. The van der Waals surface area contributed by atoms with Crippen LogP contribution in [0.4, 0.5) is 0 Å². The third-order valence-electron chi connectivity index (χ3n) is 2.49. The maximum absolute atomic E-state index is 11.7. The highest BCUT2D eigenvalue weighted by atomic mass is 32.2. The van der Waals surface area contributed by atoms with Crippen molar-refractivity contribution in [3.8, 4) is 0 Å². The molecule has 1 aliphatic rings. The molecule has 2 heterocycles. The minimum Gasteiger partial charge on any atom is -0.358 e. The van der Waals surface area contributed by atoms with Crippen molar-refractivity contribution in [2.24, 2.45) is 0 Å². The summed E-state index contributed by atoms with van der Waals surface area (Å²) in [6.45, 7) is 2.11. The summed E-state index contributed by atoms with van der Waals surface area (Å²) in [7, 11) is 0. The number of thioether (sulfide) groups is 1. The molecule has 5 heteroatoms. The van der Waals surface area contributed by atoms with Crippen LogP contribution >= 0.6 is 35.3 Å². The molecule has 2 rings (SSSR count). The van der Waals surface area contributed by atoms with Crippen molar-refractivity contribution < 1.29 is 4.79 Å². The molecule has 0 unspecified atom stereocenters. The van der Waals surface area contributed by atoms with Crippen molar-refractivity contribution in [2.45, 2.75) is 12.8 Å². The predicted molar refractivity (Wildman–Crippen MR) is 74.5 cm³/mol. The third kappa shape index (κ3) is 3.06. The van der Waals surface area contributed by atoms with Gasteiger partial charge in [0.15, 0.2) is 5.78 Å². The average molecular weight is 271 g/mol. The fourth-order valence-electron chi connectivity index (χ4n) is 1.63. The highest BCUT2D eigenvalue weighted by Gasteiger charge is 2.16. The Morgan fingerprint density at radius 1 is 1.50 bits per heavy atom. The Labute approximate surface area is 109 Å². The van der Waals surface area contributed by atoms with Gasteiger partial charge in [0.2, 0.25) is 0 Å². The van der Waals surface area contributed by atoms with Gasteiger partial charge in [-0.3, -0.25) is 4.79 Å². The molecule has 1 saturated heterocycles. The average Bonchev–Trinajstić information content (AvgIpc) is 2.95. The first-order chi connectivity index (χ1) is 7.77. The van der Waals surface area contributed by atoms with Gasteiger partial charge in [0.05, 0.1) is 10.6 Å². The number of Topliss-reactive ketones (excluding diaryl/α,β-unsaturated/α-hetero) is 1. The van der Waals surface area contributed by atoms with Crippen LogP contribution in [0.15, 0.2) is 17.5 Å². The Kier molecular flexibility index (Phi) is 4.37. The summed E-state index contributed by atoms with van der Waals surface area (Å²) in [4.78, 5) is 14.8. The van der Waals surface area contributed by atoms with Crippen LogP contribution in [0.25, 0.3) is 0 Å². The number of ketones is 1. The molecule has 0 N–H and O–H groups in total. The first kappa shape index (κ1) is 12.1. The van der Waals surface area contributed by atoms with Crippen LogP contribution in [0.5, 0.6) is 0 Å². The van der Waals surface area contributed by atoms with Gasteiger partial charge >= 0.3 is 0 Å². The Bertz CT molecular complexity index is 369. The van der Waals surface area contributed by atoms with Gasteiger partial charge in [-0.25, -0.2) is 0 Å². The van der Waals surface area contributed by atoms with Crippen molar-refractivity contribution in [3.05, 3.63) is 22.4 Å². The number of likely N-dealkylation sites (tertiary alicyclic amines) is 1. The van der Waals surface area contributed by atoms with Gasteiger partial charge in [0.25, 0.3) is 0 Å². The van der Waals surface area contributed by atoms with Crippen LogP contribution in [0.2, 0.25) is 0 Å². The van der Waals surface area contributed by atoms with E-state index in [-0.39, 0.29) is 5.78 Å². The van der Waals surface area contributed by atoms with E-state index in [2.05, 4.69) is 4.90 Å². The van der Waals surface area contributed by atoms with Crippen LogP contribution in [-0.4, -0.2) is 33.8 Å². The number of nitrogens with zero attached hydrogens (tertiary/aromatic N) is 1. The molecule has 0 bridgehead atoms. The molecule has 0 atom stereocenters. The number of rotatable bonds is 3. The second kappa shape index (κ2) is 5.80. The maximum atomic E-state index is 11.7. The molecule has 0 amide bonds. The highest BCUT2D eigenvalue weighted by Crippen LogP contribution is 2.18. The first-order valence-electron chi connectivity index (χ1n) is 5.26. The molecule has 0 aliphatic carbocycles.